The second-order valence-electron chi connectivity index (χ2n) is 5.05. The van der Waals surface area contributed by atoms with Crippen LogP contribution in [0.5, 0.6) is 0 Å². The Morgan fingerprint density at radius 3 is 2.67 bits per heavy atom. The summed E-state index contributed by atoms with van der Waals surface area (Å²) in [6, 6.07) is 3.46. The maximum absolute atomic E-state index is 12.5. The highest BCUT2D eigenvalue weighted by atomic mass is 19.3. The number of pyridine rings is 1. The first-order chi connectivity index (χ1) is 10.1. The lowest BCUT2D eigenvalue weighted by molar-refractivity contribution is 0.0739. The summed E-state index contributed by atoms with van der Waals surface area (Å²) in [6.45, 7) is 1.20. The smallest absolute Gasteiger partial charge is 0.269 e. The van der Waals surface area contributed by atoms with Crippen LogP contribution in [0.1, 0.15) is 35.3 Å². The zero-order valence-electron chi connectivity index (χ0n) is 11.8. The van der Waals surface area contributed by atoms with Gasteiger partial charge in [-0.15, -0.1) is 0 Å². The molecule has 0 saturated carbocycles. The molecule has 1 aliphatic heterocycles. The average Bonchev–Trinajstić information content (AvgIpc) is 2.52. The maximum Gasteiger partial charge on any atom is 0.269 e. The fourth-order valence-corrected chi connectivity index (χ4v) is 2.44. The van der Waals surface area contributed by atoms with Crippen LogP contribution < -0.4 is 5.73 Å². The van der Waals surface area contributed by atoms with Gasteiger partial charge in [-0.1, -0.05) is 0 Å². The van der Waals surface area contributed by atoms with E-state index in [1.54, 1.807) is 23.2 Å². The van der Waals surface area contributed by atoms with Gasteiger partial charge in [0.15, 0.2) is 0 Å². The molecular weight excluding hydrogens is 276 g/mol. The van der Waals surface area contributed by atoms with Crippen LogP contribution in [0.15, 0.2) is 30.0 Å². The van der Waals surface area contributed by atoms with E-state index in [1.807, 2.05) is 0 Å². The van der Waals surface area contributed by atoms with Crippen molar-refractivity contribution in [1.82, 2.24) is 9.88 Å². The standard InChI is InChI=1S/C15H19F2N3O/c16-14(17)11-5-9-20(10-6-11)15(21)12-3-2-8-19-13(12)4-1-7-18/h2-3,8H,1,4-7,9-10,18H2. The van der Waals surface area contributed by atoms with Crippen molar-refractivity contribution in [3.05, 3.63) is 41.2 Å². The normalized spacial score (nSPS) is 15.2. The van der Waals surface area contributed by atoms with Gasteiger partial charge >= 0.3 is 0 Å². The summed E-state index contributed by atoms with van der Waals surface area (Å²) in [5.41, 5.74) is 6.93. The zero-order chi connectivity index (χ0) is 15.2. The molecule has 0 aliphatic carbocycles. The third-order valence-corrected chi connectivity index (χ3v) is 3.66. The lowest BCUT2D eigenvalue weighted by atomic mass is 10.0. The zero-order valence-corrected chi connectivity index (χ0v) is 11.8. The SMILES string of the molecule is NCCCc1ncccc1C(=O)N1CCC(=C(F)F)CC1. The number of carbonyl (C=O) groups excluding carboxylic acids is 1. The monoisotopic (exact) mass is 295 g/mol. The molecule has 0 spiro atoms. The van der Waals surface area contributed by atoms with Crippen molar-refractivity contribution in [3.63, 3.8) is 0 Å². The average molecular weight is 295 g/mol. The molecule has 2 rings (SSSR count). The van der Waals surface area contributed by atoms with E-state index in [0.717, 1.165) is 12.1 Å². The van der Waals surface area contributed by atoms with E-state index in [9.17, 15) is 13.6 Å². The highest BCUT2D eigenvalue weighted by Crippen LogP contribution is 2.23. The van der Waals surface area contributed by atoms with Crippen LogP contribution in [-0.2, 0) is 6.42 Å². The Kier molecular flexibility index (Phi) is 5.38. The van der Waals surface area contributed by atoms with Gasteiger partial charge < -0.3 is 10.6 Å². The lowest BCUT2D eigenvalue weighted by Gasteiger charge is -2.28. The van der Waals surface area contributed by atoms with Gasteiger partial charge in [0.05, 0.1) is 11.3 Å². The number of aryl methyl sites for hydroxylation is 1. The number of nitrogens with two attached hydrogens (primary N) is 1. The number of carbonyl (C=O) groups is 1. The van der Waals surface area contributed by atoms with Gasteiger partial charge in [-0.2, -0.15) is 8.78 Å². The van der Waals surface area contributed by atoms with Gasteiger partial charge in [0.25, 0.3) is 12.0 Å². The van der Waals surface area contributed by atoms with Gasteiger partial charge in [-0.3, -0.25) is 9.78 Å². The van der Waals surface area contributed by atoms with Crippen molar-refractivity contribution in [1.29, 1.82) is 0 Å². The van der Waals surface area contributed by atoms with Crippen LogP contribution in [0.25, 0.3) is 0 Å². The minimum atomic E-state index is -1.60. The molecule has 0 radical (unpaired) electrons. The van der Waals surface area contributed by atoms with Crippen molar-refractivity contribution in [2.75, 3.05) is 19.6 Å². The van der Waals surface area contributed by atoms with E-state index >= 15 is 0 Å². The molecule has 1 saturated heterocycles. The van der Waals surface area contributed by atoms with E-state index < -0.39 is 6.08 Å². The molecule has 2 N–H and O–H groups in total. The number of hydrogen-bond donors (Lipinski definition) is 1. The van der Waals surface area contributed by atoms with Gasteiger partial charge in [0.1, 0.15) is 0 Å². The molecule has 0 aromatic carbocycles. The third kappa shape index (κ3) is 3.85. The molecule has 4 nitrogen and oxygen atoms in total. The number of aromatic nitrogens is 1. The number of likely N-dealkylation sites (tertiary alicyclic amines) is 1. The summed E-state index contributed by atoms with van der Waals surface area (Å²) < 4.78 is 25.1. The van der Waals surface area contributed by atoms with E-state index in [2.05, 4.69) is 4.98 Å². The fraction of sp³-hybridized carbons (Fsp3) is 0.467. The molecule has 1 amide bonds. The molecule has 1 fully saturated rings. The highest BCUT2D eigenvalue weighted by molar-refractivity contribution is 5.95. The molecule has 1 aromatic rings. The summed E-state index contributed by atoms with van der Waals surface area (Å²) in [7, 11) is 0. The molecule has 1 aliphatic rings. The van der Waals surface area contributed by atoms with Gasteiger partial charge in [0, 0.05) is 19.3 Å². The predicted molar refractivity (Wildman–Crippen MR) is 76.0 cm³/mol. The van der Waals surface area contributed by atoms with Crippen molar-refractivity contribution < 1.29 is 13.6 Å². The van der Waals surface area contributed by atoms with E-state index in [4.69, 9.17) is 5.73 Å². The summed E-state index contributed by atoms with van der Waals surface area (Å²) in [4.78, 5) is 18.4. The Labute approximate surface area is 122 Å². The Morgan fingerprint density at radius 1 is 1.33 bits per heavy atom. The number of piperidine rings is 1. The maximum atomic E-state index is 12.5. The first kappa shape index (κ1) is 15.6. The van der Waals surface area contributed by atoms with Gasteiger partial charge in [-0.05, 0) is 49.9 Å². The number of nitrogens with zero attached hydrogens (tertiary/aromatic N) is 2. The van der Waals surface area contributed by atoms with Gasteiger partial charge in [-0.25, -0.2) is 0 Å². The van der Waals surface area contributed by atoms with Crippen molar-refractivity contribution in [2.45, 2.75) is 25.7 Å². The third-order valence-electron chi connectivity index (χ3n) is 3.66. The Hall–Kier alpha value is -1.82. The van der Waals surface area contributed by atoms with E-state index in [0.29, 0.717) is 31.6 Å². The molecule has 6 heteroatoms. The highest BCUT2D eigenvalue weighted by Gasteiger charge is 2.24. The molecule has 0 atom stereocenters. The molecule has 114 valence electrons. The van der Waals surface area contributed by atoms with Crippen LogP contribution in [0.3, 0.4) is 0 Å². The van der Waals surface area contributed by atoms with Crippen LogP contribution in [0.2, 0.25) is 0 Å². The minimum Gasteiger partial charge on any atom is -0.338 e. The molecule has 1 aromatic heterocycles. The number of amides is 1. The molecule has 2 heterocycles. The number of rotatable bonds is 4. The Balaban J connectivity index is 2.09. The first-order valence-electron chi connectivity index (χ1n) is 7.09. The fourth-order valence-electron chi connectivity index (χ4n) is 2.44. The second kappa shape index (κ2) is 7.26. The van der Waals surface area contributed by atoms with Crippen molar-refractivity contribution >= 4 is 5.91 Å². The van der Waals surface area contributed by atoms with E-state index in [-0.39, 0.29) is 24.3 Å². The second-order valence-corrected chi connectivity index (χ2v) is 5.05. The van der Waals surface area contributed by atoms with Gasteiger partial charge in [0.2, 0.25) is 0 Å². The van der Waals surface area contributed by atoms with Crippen LogP contribution in [-0.4, -0.2) is 35.4 Å². The molecule has 21 heavy (non-hydrogen) atoms. The number of hydrogen-bond acceptors (Lipinski definition) is 3. The van der Waals surface area contributed by atoms with Crippen LogP contribution in [0.4, 0.5) is 8.78 Å². The van der Waals surface area contributed by atoms with E-state index in [1.165, 1.54) is 0 Å². The Morgan fingerprint density at radius 2 is 2.05 bits per heavy atom. The minimum absolute atomic E-state index is 0.131. The summed E-state index contributed by atoms with van der Waals surface area (Å²) >= 11 is 0. The molecular formula is C15H19F2N3O. The Bertz CT molecular complexity index is 531. The van der Waals surface area contributed by atoms with Crippen molar-refractivity contribution in [2.24, 2.45) is 5.73 Å². The topological polar surface area (TPSA) is 59.2 Å². The van der Waals surface area contributed by atoms with Crippen LogP contribution >= 0.6 is 0 Å². The molecule has 0 unspecified atom stereocenters. The quantitative estimate of drug-likeness (QED) is 0.927. The van der Waals surface area contributed by atoms with Crippen LogP contribution in [0, 0.1) is 0 Å². The lowest BCUT2D eigenvalue weighted by Crippen LogP contribution is -2.37. The summed E-state index contributed by atoms with van der Waals surface area (Å²) in [5.74, 6) is -0.131. The first-order valence-corrected chi connectivity index (χ1v) is 7.09. The molecule has 0 bridgehead atoms. The largest absolute Gasteiger partial charge is 0.338 e. The predicted octanol–water partition coefficient (Wildman–Crippen LogP) is 2.36. The summed E-state index contributed by atoms with van der Waals surface area (Å²) in [6.07, 6.45) is 1.94. The number of halogens is 2. The van der Waals surface area contributed by atoms with Crippen molar-refractivity contribution in [3.8, 4) is 0 Å². The summed E-state index contributed by atoms with van der Waals surface area (Å²) in [5, 5.41) is 0.